The monoisotopic (exact) mass is 227 g/mol. The molecule has 0 aromatic rings. The van der Waals surface area contributed by atoms with E-state index in [9.17, 15) is 0 Å². The van der Waals surface area contributed by atoms with Crippen molar-refractivity contribution in [2.24, 2.45) is 0 Å². The zero-order chi connectivity index (χ0) is 11.6. The van der Waals surface area contributed by atoms with E-state index in [-0.39, 0.29) is 6.04 Å². The summed E-state index contributed by atoms with van der Waals surface area (Å²) in [6, 6.07) is 2.34. The first-order chi connectivity index (χ1) is 7.88. The third-order valence-corrected chi connectivity index (χ3v) is 2.67. The van der Waals surface area contributed by atoms with Crippen LogP contribution in [0.1, 0.15) is 6.42 Å². The molecule has 0 aromatic heterocycles. The van der Waals surface area contributed by atoms with Crippen LogP contribution in [-0.4, -0.2) is 64.1 Å². The van der Waals surface area contributed by atoms with Crippen LogP contribution in [0.5, 0.6) is 0 Å². The molecule has 1 atom stereocenters. The SMILES string of the molecule is COCCOCCCN1CCNCC1C#N. The standard InChI is InChI=1S/C11H21N3O2/c1-15-7-8-16-6-2-4-14-5-3-13-10-11(14)9-12/h11,13H,2-8,10H2,1H3. The average Bonchev–Trinajstić information content (AvgIpc) is 2.34. The van der Waals surface area contributed by atoms with Gasteiger partial charge in [0.2, 0.25) is 0 Å². The van der Waals surface area contributed by atoms with Gasteiger partial charge in [-0.15, -0.1) is 0 Å². The van der Waals surface area contributed by atoms with E-state index < -0.39 is 0 Å². The summed E-state index contributed by atoms with van der Waals surface area (Å²) in [5, 5.41) is 12.2. The van der Waals surface area contributed by atoms with Gasteiger partial charge in [0, 0.05) is 39.9 Å². The van der Waals surface area contributed by atoms with E-state index in [2.05, 4.69) is 16.3 Å². The number of piperazine rings is 1. The molecule has 5 heteroatoms. The largest absolute Gasteiger partial charge is 0.382 e. The van der Waals surface area contributed by atoms with Gasteiger partial charge in [0.1, 0.15) is 6.04 Å². The summed E-state index contributed by atoms with van der Waals surface area (Å²) in [7, 11) is 1.67. The lowest BCUT2D eigenvalue weighted by molar-refractivity contribution is 0.0629. The third kappa shape index (κ3) is 4.90. The minimum absolute atomic E-state index is 0.0210. The van der Waals surface area contributed by atoms with Crippen molar-refractivity contribution in [3.8, 4) is 6.07 Å². The van der Waals surface area contributed by atoms with Gasteiger partial charge in [-0.3, -0.25) is 4.90 Å². The number of methoxy groups -OCH3 is 1. The summed E-state index contributed by atoms with van der Waals surface area (Å²) >= 11 is 0. The molecule has 16 heavy (non-hydrogen) atoms. The summed E-state index contributed by atoms with van der Waals surface area (Å²) in [4.78, 5) is 2.22. The lowest BCUT2D eigenvalue weighted by atomic mass is 10.2. The Kier molecular flexibility index (Phi) is 7.10. The minimum atomic E-state index is 0.0210. The van der Waals surface area contributed by atoms with Crippen LogP contribution in [0.4, 0.5) is 0 Å². The third-order valence-electron chi connectivity index (χ3n) is 2.67. The molecule has 0 amide bonds. The molecule has 1 aliphatic heterocycles. The van der Waals surface area contributed by atoms with E-state index in [1.807, 2.05) is 0 Å². The molecule has 92 valence electrons. The van der Waals surface area contributed by atoms with Crippen molar-refractivity contribution < 1.29 is 9.47 Å². The van der Waals surface area contributed by atoms with Crippen LogP contribution in [-0.2, 0) is 9.47 Å². The van der Waals surface area contributed by atoms with Crippen molar-refractivity contribution in [1.29, 1.82) is 5.26 Å². The van der Waals surface area contributed by atoms with E-state index in [1.165, 1.54) is 0 Å². The van der Waals surface area contributed by atoms with Gasteiger partial charge in [0.05, 0.1) is 19.3 Å². The molecule has 1 saturated heterocycles. The highest BCUT2D eigenvalue weighted by Gasteiger charge is 2.20. The number of rotatable bonds is 7. The summed E-state index contributed by atoms with van der Waals surface area (Å²) in [6.07, 6.45) is 0.974. The first kappa shape index (κ1) is 13.4. The quantitative estimate of drug-likeness (QED) is 0.612. The number of nitrogens with zero attached hydrogens (tertiary/aromatic N) is 2. The van der Waals surface area contributed by atoms with Gasteiger partial charge >= 0.3 is 0 Å². The van der Waals surface area contributed by atoms with Gasteiger partial charge in [-0.2, -0.15) is 5.26 Å². The number of nitriles is 1. The van der Waals surface area contributed by atoms with Crippen LogP contribution in [0, 0.1) is 11.3 Å². The predicted octanol–water partition coefficient (Wildman–Crippen LogP) is -0.163. The van der Waals surface area contributed by atoms with Gasteiger partial charge in [-0.05, 0) is 6.42 Å². The van der Waals surface area contributed by atoms with Crippen molar-refractivity contribution >= 4 is 0 Å². The lowest BCUT2D eigenvalue weighted by Crippen LogP contribution is -2.50. The Balaban J connectivity index is 2.04. The molecule has 1 N–H and O–H groups in total. The van der Waals surface area contributed by atoms with Crippen LogP contribution < -0.4 is 5.32 Å². The summed E-state index contributed by atoms with van der Waals surface area (Å²) in [6.45, 7) is 5.69. The van der Waals surface area contributed by atoms with Crippen LogP contribution in [0.2, 0.25) is 0 Å². The van der Waals surface area contributed by atoms with Gasteiger partial charge in [0.15, 0.2) is 0 Å². The Bertz CT molecular complexity index is 218. The molecule has 0 aliphatic carbocycles. The molecule has 5 nitrogen and oxygen atoms in total. The zero-order valence-electron chi connectivity index (χ0n) is 9.95. The molecule has 1 unspecified atom stereocenters. The van der Waals surface area contributed by atoms with Crippen molar-refractivity contribution in [3.63, 3.8) is 0 Å². The maximum atomic E-state index is 8.95. The number of hydrogen-bond donors (Lipinski definition) is 1. The summed E-state index contributed by atoms with van der Waals surface area (Å²) in [5.74, 6) is 0. The zero-order valence-corrected chi connectivity index (χ0v) is 9.95. The number of ether oxygens (including phenoxy) is 2. The second-order valence-electron chi connectivity index (χ2n) is 3.84. The summed E-state index contributed by atoms with van der Waals surface area (Å²) in [5.41, 5.74) is 0. The molecule has 1 rings (SSSR count). The second kappa shape index (κ2) is 8.48. The molecule has 1 heterocycles. The summed E-state index contributed by atoms with van der Waals surface area (Å²) < 4.78 is 10.3. The predicted molar refractivity (Wildman–Crippen MR) is 61.2 cm³/mol. The molecule has 0 bridgehead atoms. The Morgan fingerprint density at radius 3 is 3.06 bits per heavy atom. The van der Waals surface area contributed by atoms with E-state index in [1.54, 1.807) is 7.11 Å². The molecular formula is C11H21N3O2. The highest BCUT2D eigenvalue weighted by Crippen LogP contribution is 2.03. The normalized spacial score (nSPS) is 21.9. The van der Waals surface area contributed by atoms with Crippen LogP contribution >= 0.6 is 0 Å². The lowest BCUT2D eigenvalue weighted by Gasteiger charge is -2.31. The first-order valence-corrected chi connectivity index (χ1v) is 5.79. The maximum absolute atomic E-state index is 8.95. The van der Waals surface area contributed by atoms with Crippen LogP contribution in [0.3, 0.4) is 0 Å². The highest BCUT2D eigenvalue weighted by molar-refractivity contribution is 4.95. The second-order valence-corrected chi connectivity index (χ2v) is 3.84. The van der Waals surface area contributed by atoms with Gasteiger partial charge in [-0.1, -0.05) is 0 Å². The van der Waals surface area contributed by atoms with Crippen molar-refractivity contribution in [2.45, 2.75) is 12.5 Å². The van der Waals surface area contributed by atoms with E-state index >= 15 is 0 Å². The van der Waals surface area contributed by atoms with Crippen LogP contribution in [0.15, 0.2) is 0 Å². The Morgan fingerprint density at radius 1 is 1.44 bits per heavy atom. The fraction of sp³-hybridized carbons (Fsp3) is 0.909. The Hall–Kier alpha value is -0.670. The number of nitrogens with one attached hydrogen (secondary N) is 1. The molecule has 0 spiro atoms. The Labute approximate surface area is 97.3 Å². The van der Waals surface area contributed by atoms with Crippen molar-refractivity contribution in [2.75, 3.05) is 53.1 Å². The Morgan fingerprint density at radius 2 is 2.31 bits per heavy atom. The first-order valence-electron chi connectivity index (χ1n) is 5.79. The smallest absolute Gasteiger partial charge is 0.110 e. The molecule has 1 aliphatic rings. The molecule has 0 saturated carbocycles. The van der Waals surface area contributed by atoms with Gasteiger partial charge in [-0.25, -0.2) is 0 Å². The molecule has 1 fully saturated rings. The fourth-order valence-electron chi connectivity index (χ4n) is 1.76. The molecule has 0 aromatic carbocycles. The highest BCUT2D eigenvalue weighted by atomic mass is 16.5. The maximum Gasteiger partial charge on any atom is 0.110 e. The van der Waals surface area contributed by atoms with Crippen LogP contribution in [0.25, 0.3) is 0 Å². The molecular weight excluding hydrogens is 206 g/mol. The van der Waals surface area contributed by atoms with E-state index in [0.717, 1.165) is 39.2 Å². The van der Waals surface area contributed by atoms with E-state index in [4.69, 9.17) is 14.7 Å². The van der Waals surface area contributed by atoms with Crippen molar-refractivity contribution in [3.05, 3.63) is 0 Å². The van der Waals surface area contributed by atoms with E-state index in [0.29, 0.717) is 13.2 Å². The average molecular weight is 227 g/mol. The van der Waals surface area contributed by atoms with Gasteiger partial charge < -0.3 is 14.8 Å². The number of hydrogen-bond acceptors (Lipinski definition) is 5. The topological polar surface area (TPSA) is 57.5 Å². The fourth-order valence-corrected chi connectivity index (χ4v) is 1.76. The molecule has 0 radical (unpaired) electrons. The van der Waals surface area contributed by atoms with Gasteiger partial charge in [0.25, 0.3) is 0 Å². The van der Waals surface area contributed by atoms with Crippen molar-refractivity contribution in [1.82, 2.24) is 10.2 Å². The minimum Gasteiger partial charge on any atom is -0.382 e.